The maximum Gasteiger partial charge on any atom is 0.161 e. The van der Waals surface area contributed by atoms with Gasteiger partial charge in [0, 0.05) is 6.54 Å². The number of furan rings is 1. The Bertz CT molecular complexity index is 523. The van der Waals surface area contributed by atoms with Crippen LogP contribution in [0.2, 0.25) is 0 Å². The molecule has 1 heterocycles. The second kappa shape index (κ2) is 8.37. The largest absolute Gasteiger partial charge is 0.493 e. The zero-order valence-corrected chi connectivity index (χ0v) is 12.7. The molecule has 4 nitrogen and oxygen atoms in total. The number of hydrogen-bond acceptors (Lipinski definition) is 4. The molecule has 21 heavy (non-hydrogen) atoms. The molecule has 0 fully saturated rings. The fourth-order valence-corrected chi connectivity index (χ4v) is 2.01. The van der Waals surface area contributed by atoms with E-state index in [1.165, 1.54) is 0 Å². The van der Waals surface area contributed by atoms with Gasteiger partial charge in [0.2, 0.25) is 0 Å². The molecule has 0 saturated carbocycles. The van der Waals surface area contributed by atoms with Gasteiger partial charge in [-0.2, -0.15) is 0 Å². The maximum absolute atomic E-state index is 5.73. The van der Waals surface area contributed by atoms with E-state index in [1.807, 2.05) is 24.3 Å². The minimum atomic E-state index is 0.712. The van der Waals surface area contributed by atoms with E-state index in [0.29, 0.717) is 6.54 Å². The normalized spacial score (nSPS) is 10.6. The second-order valence-corrected chi connectivity index (χ2v) is 4.87. The molecule has 0 unspecified atom stereocenters. The van der Waals surface area contributed by atoms with Crippen molar-refractivity contribution in [1.29, 1.82) is 0 Å². The summed E-state index contributed by atoms with van der Waals surface area (Å²) in [7, 11) is 1.67. The molecule has 2 rings (SSSR count). The van der Waals surface area contributed by atoms with Gasteiger partial charge in [-0.3, -0.25) is 0 Å². The van der Waals surface area contributed by atoms with Crippen molar-refractivity contribution < 1.29 is 13.9 Å². The molecule has 0 atom stereocenters. The van der Waals surface area contributed by atoms with Crippen LogP contribution < -0.4 is 14.8 Å². The van der Waals surface area contributed by atoms with E-state index in [9.17, 15) is 0 Å². The first kappa shape index (κ1) is 15.4. The number of unbranched alkanes of at least 4 members (excludes halogenated alkanes) is 1. The Hall–Kier alpha value is -1.94. The Kier molecular flexibility index (Phi) is 6.16. The Morgan fingerprint density at radius 1 is 1.14 bits per heavy atom. The summed E-state index contributed by atoms with van der Waals surface area (Å²) in [6.07, 6.45) is 3.86. The zero-order valence-electron chi connectivity index (χ0n) is 12.7. The van der Waals surface area contributed by atoms with Crippen LogP contribution in [0.15, 0.2) is 41.0 Å². The SMILES string of the molecule is CCCCOc1ccc(CNCc2ccco2)cc1OC. The van der Waals surface area contributed by atoms with E-state index in [4.69, 9.17) is 13.9 Å². The smallest absolute Gasteiger partial charge is 0.161 e. The van der Waals surface area contributed by atoms with Crippen LogP contribution >= 0.6 is 0 Å². The van der Waals surface area contributed by atoms with Gasteiger partial charge in [-0.05, 0) is 36.2 Å². The number of hydrogen-bond donors (Lipinski definition) is 1. The van der Waals surface area contributed by atoms with Gasteiger partial charge in [0.05, 0.1) is 26.5 Å². The predicted molar refractivity (Wildman–Crippen MR) is 82.6 cm³/mol. The second-order valence-electron chi connectivity index (χ2n) is 4.87. The summed E-state index contributed by atoms with van der Waals surface area (Å²) in [5, 5.41) is 3.34. The van der Waals surface area contributed by atoms with Gasteiger partial charge in [-0.1, -0.05) is 19.4 Å². The summed E-state index contributed by atoms with van der Waals surface area (Å²) >= 11 is 0. The van der Waals surface area contributed by atoms with Crippen molar-refractivity contribution in [2.75, 3.05) is 13.7 Å². The van der Waals surface area contributed by atoms with Gasteiger partial charge in [0.15, 0.2) is 11.5 Å². The van der Waals surface area contributed by atoms with Gasteiger partial charge in [-0.15, -0.1) is 0 Å². The van der Waals surface area contributed by atoms with Gasteiger partial charge in [0.1, 0.15) is 5.76 Å². The molecule has 0 aliphatic rings. The zero-order chi connectivity index (χ0) is 14.9. The first-order valence-corrected chi connectivity index (χ1v) is 7.36. The summed E-state index contributed by atoms with van der Waals surface area (Å²) in [6, 6.07) is 9.88. The molecule has 0 saturated heterocycles. The van der Waals surface area contributed by atoms with Crippen LogP contribution in [0.25, 0.3) is 0 Å². The van der Waals surface area contributed by atoms with Crippen molar-refractivity contribution in [3.8, 4) is 11.5 Å². The minimum Gasteiger partial charge on any atom is -0.493 e. The number of rotatable bonds is 9. The molecule has 0 bridgehead atoms. The molecular formula is C17H23NO3. The average molecular weight is 289 g/mol. The average Bonchev–Trinajstić information content (AvgIpc) is 3.02. The van der Waals surface area contributed by atoms with Gasteiger partial charge in [-0.25, -0.2) is 0 Å². The van der Waals surface area contributed by atoms with Crippen molar-refractivity contribution in [2.24, 2.45) is 0 Å². The van der Waals surface area contributed by atoms with Gasteiger partial charge in [0.25, 0.3) is 0 Å². The number of methoxy groups -OCH3 is 1. The van der Waals surface area contributed by atoms with Crippen molar-refractivity contribution in [3.05, 3.63) is 47.9 Å². The monoisotopic (exact) mass is 289 g/mol. The highest BCUT2D eigenvalue weighted by Gasteiger charge is 2.06. The molecule has 2 aromatic rings. The van der Waals surface area contributed by atoms with Crippen LogP contribution in [0.4, 0.5) is 0 Å². The predicted octanol–water partition coefficient (Wildman–Crippen LogP) is 3.76. The lowest BCUT2D eigenvalue weighted by Crippen LogP contribution is -2.12. The molecule has 0 amide bonds. The highest BCUT2D eigenvalue weighted by molar-refractivity contribution is 5.42. The Morgan fingerprint density at radius 2 is 2.05 bits per heavy atom. The highest BCUT2D eigenvalue weighted by atomic mass is 16.5. The lowest BCUT2D eigenvalue weighted by Gasteiger charge is -2.12. The van der Waals surface area contributed by atoms with Crippen molar-refractivity contribution in [3.63, 3.8) is 0 Å². The van der Waals surface area contributed by atoms with Gasteiger partial charge < -0.3 is 19.2 Å². The molecule has 0 radical (unpaired) electrons. The highest BCUT2D eigenvalue weighted by Crippen LogP contribution is 2.28. The Balaban J connectivity index is 1.88. The van der Waals surface area contributed by atoms with Crippen molar-refractivity contribution in [2.45, 2.75) is 32.9 Å². The molecular weight excluding hydrogens is 266 g/mol. The third-order valence-electron chi connectivity index (χ3n) is 3.19. The Labute approximate surface area is 126 Å². The molecule has 4 heteroatoms. The van der Waals surface area contributed by atoms with E-state index < -0.39 is 0 Å². The standard InChI is InChI=1S/C17H23NO3/c1-3-4-9-21-16-8-7-14(11-17(16)19-2)12-18-13-15-6-5-10-20-15/h5-8,10-11,18H,3-4,9,12-13H2,1-2H3. The van der Waals surface area contributed by atoms with Crippen LogP contribution in [0.3, 0.4) is 0 Å². The lowest BCUT2D eigenvalue weighted by molar-refractivity contribution is 0.288. The molecule has 0 aliphatic carbocycles. The minimum absolute atomic E-state index is 0.712. The van der Waals surface area contributed by atoms with Crippen LogP contribution in [0, 0.1) is 0 Å². The van der Waals surface area contributed by atoms with Crippen LogP contribution in [-0.2, 0) is 13.1 Å². The van der Waals surface area contributed by atoms with E-state index in [-0.39, 0.29) is 0 Å². The Morgan fingerprint density at radius 3 is 2.76 bits per heavy atom. The molecule has 1 aromatic carbocycles. The third-order valence-corrected chi connectivity index (χ3v) is 3.19. The molecule has 1 N–H and O–H groups in total. The summed E-state index contributed by atoms with van der Waals surface area (Å²) in [5.74, 6) is 2.52. The first-order valence-electron chi connectivity index (χ1n) is 7.36. The van der Waals surface area contributed by atoms with Crippen LogP contribution in [-0.4, -0.2) is 13.7 Å². The van der Waals surface area contributed by atoms with E-state index in [1.54, 1.807) is 13.4 Å². The van der Waals surface area contributed by atoms with Crippen molar-refractivity contribution >= 4 is 0 Å². The quantitative estimate of drug-likeness (QED) is 0.714. The summed E-state index contributed by atoms with van der Waals surface area (Å²) in [5.41, 5.74) is 1.15. The number of nitrogens with one attached hydrogen (secondary N) is 1. The molecule has 0 aliphatic heterocycles. The number of ether oxygens (including phenoxy) is 2. The summed E-state index contributed by atoms with van der Waals surface area (Å²) in [4.78, 5) is 0. The molecule has 1 aromatic heterocycles. The first-order chi connectivity index (χ1) is 10.3. The van der Waals surface area contributed by atoms with Crippen LogP contribution in [0.1, 0.15) is 31.1 Å². The van der Waals surface area contributed by atoms with E-state index >= 15 is 0 Å². The summed E-state index contributed by atoms with van der Waals surface area (Å²) in [6.45, 7) is 4.34. The molecule has 0 spiro atoms. The van der Waals surface area contributed by atoms with Crippen LogP contribution in [0.5, 0.6) is 11.5 Å². The molecule has 114 valence electrons. The van der Waals surface area contributed by atoms with E-state index in [0.717, 1.165) is 48.8 Å². The van der Waals surface area contributed by atoms with Crippen molar-refractivity contribution in [1.82, 2.24) is 5.32 Å². The topological polar surface area (TPSA) is 43.6 Å². The number of benzene rings is 1. The van der Waals surface area contributed by atoms with Gasteiger partial charge >= 0.3 is 0 Å². The summed E-state index contributed by atoms with van der Waals surface area (Å²) < 4.78 is 16.4. The third kappa shape index (κ3) is 4.83. The fraction of sp³-hybridized carbons (Fsp3) is 0.412. The fourth-order valence-electron chi connectivity index (χ4n) is 2.01. The maximum atomic E-state index is 5.73. The van der Waals surface area contributed by atoms with E-state index in [2.05, 4.69) is 18.3 Å². The lowest BCUT2D eigenvalue weighted by atomic mass is 10.2.